The molecule has 0 bridgehead atoms. The number of aryl methyl sites for hydroxylation is 2. The van der Waals surface area contributed by atoms with Gasteiger partial charge in [-0.25, -0.2) is 4.79 Å². The number of ether oxygens (including phenoxy) is 1. The summed E-state index contributed by atoms with van der Waals surface area (Å²) >= 11 is 0. The second-order valence-electron chi connectivity index (χ2n) is 8.46. The topological polar surface area (TPSA) is 109 Å². The van der Waals surface area contributed by atoms with E-state index in [2.05, 4.69) is 12.2 Å². The third kappa shape index (κ3) is 6.09. The highest BCUT2D eigenvalue weighted by atomic mass is 16.5. The SMILES string of the molecule is CCCCc1cc(=O)oc2cc(C)cc(OCC(=O)NCC3CCC(C(=O)[O-])CC3)c12. The summed E-state index contributed by atoms with van der Waals surface area (Å²) in [7, 11) is 0. The molecule has 1 aliphatic rings. The standard InChI is InChI=1S/C24H31NO6/c1-3-4-5-18-12-22(27)31-20-11-15(2)10-19(23(18)20)30-14-21(26)25-13-16-6-8-17(9-7-16)24(28)29/h10-12,16-17H,3-9,13-14H2,1-2H3,(H,25,26)(H,28,29)/p-1. The summed E-state index contributed by atoms with van der Waals surface area (Å²) in [6.45, 7) is 4.34. The second kappa shape index (κ2) is 10.5. The molecule has 1 aromatic carbocycles. The van der Waals surface area contributed by atoms with E-state index < -0.39 is 5.97 Å². The lowest BCUT2D eigenvalue weighted by molar-refractivity contribution is -0.312. The smallest absolute Gasteiger partial charge is 0.336 e. The van der Waals surface area contributed by atoms with Gasteiger partial charge in [0, 0.05) is 18.6 Å². The summed E-state index contributed by atoms with van der Waals surface area (Å²) in [6, 6.07) is 5.16. The van der Waals surface area contributed by atoms with Crippen LogP contribution >= 0.6 is 0 Å². The van der Waals surface area contributed by atoms with Crippen LogP contribution in [0, 0.1) is 18.8 Å². The van der Waals surface area contributed by atoms with Crippen molar-refractivity contribution in [1.82, 2.24) is 5.32 Å². The van der Waals surface area contributed by atoms with Gasteiger partial charge in [-0.1, -0.05) is 13.3 Å². The lowest BCUT2D eigenvalue weighted by atomic mass is 9.82. The predicted molar refractivity (Wildman–Crippen MR) is 115 cm³/mol. The van der Waals surface area contributed by atoms with Gasteiger partial charge in [0.1, 0.15) is 11.3 Å². The van der Waals surface area contributed by atoms with E-state index in [-0.39, 0.29) is 30.0 Å². The molecule has 1 fully saturated rings. The van der Waals surface area contributed by atoms with Crippen LogP contribution in [0.5, 0.6) is 5.75 Å². The lowest BCUT2D eigenvalue weighted by Gasteiger charge is -2.29. The van der Waals surface area contributed by atoms with Gasteiger partial charge >= 0.3 is 5.63 Å². The maximum atomic E-state index is 12.4. The van der Waals surface area contributed by atoms with E-state index in [1.165, 1.54) is 6.07 Å². The van der Waals surface area contributed by atoms with Crippen LogP contribution in [-0.2, 0) is 16.0 Å². The molecule has 1 amide bonds. The van der Waals surface area contributed by atoms with E-state index in [0.29, 0.717) is 30.7 Å². The molecule has 2 aromatic rings. The molecule has 7 nitrogen and oxygen atoms in total. The van der Waals surface area contributed by atoms with Gasteiger partial charge in [-0.15, -0.1) is 0 Å². The maximum absolute atomic E-state index is 12.4. The van der Waals surface area contributed by atoms with Crippen molar-refractivity contribution in [3.05, 3.63) is 39.7 Å². The fraction of sp³-hybridized carbons (Fsp3) is 0.542. The minimum atomic E-state index is -0.976. The van der Waals surface area contributed by atoms with E-state index in [4.69, 9.17) is 9.15 Å². The zero-order valence-electron chi connectivity index (χ0n) is 18.2. The first-order chi connectivity index (χ1) is 14.9. The lowest BCUT2D eigenvalue weighted by Crippen LogP contribution is -2.37. The van der Waals surface area contributed by atoms with E-state index in [9.17, 15) is 19.5 Å². The van der Waals surface area contributed by atoms with Gasteiger partial charge in [0.2, 0.25) is 0 Å². The van der Waals surface area contributed by atoms with Crippen molar-refractivity contribution >= 4 is 22.8 Å². The Labute approximate surface area is 181 Å². The summed E-state index contributed by atoms with van der Waals surface area (Å²) in [5, 5.41) is 14.6. The Morgan fingerprint density at radius 1 is 1.19 bits per heavy atom. The van der Waals surface area contributed by atoms with Gasteiger partial charge in [0.15, 0.2) is 6.61 Å². The number of unbranched alkanes of at least 4 members (excludes halogenated alkanes) is 1. The fourth-order valence-corrected chi connectivity index (χ4v) is 4.20. The maximum Gasteiger partial charge on any atom is 0.336 e. The van der Waals surface area contributed by atoms with Crippen LogP contribution in [0.15, 0.2) is 27.4 Å². The molecule has 3 rings (SSSR count). The van der Waals surface area contributed by atoms with Crippen molar-refractivity contribution in [3.8, 4) is 5.75 Å². The quantitative estimate of drug-likeness (QED) is 0.615. The molecule has 1 saturated carbocycles. The molecule has 0 saturated heterocycles. The van der Waals surface area contributed by atoms with Crippen LogP contribution in [0.2, 0.25) is 0 Å². The van der Waals surface area contributed by atoms with Crippen molar-refractivity contribution in [3.63, 3.8) is 0 Å². The highest BCUT2D eigenvalue weighted by molar-refractivity contribution is 5.88. The number of carboxylic acid groups (broad SMARTS) is 1. The Morgan fingerprint density at radius 3 is 2.61 bits per heavy atom. The van der Waals surface area contributed by atoms with Crippen LogP contribution in [0.1, 0.15) is 56.6 Å². The van der Waals surface area contributed by atoms with Crippen LogP contribution in [-0.4, -0.2) is 25.0 Å². The largest absolute Gasteiger partial charge is 0.550 e. The molecule has 31 heavy (non-hydrogen) atoms. The molecular formula is C24H30NO6-. The minimum Gasteiger partial charge on any atom is -0.550 e. The first-order valence-corrected chi connectivity index (χ1v) is 11.0. The highest BCUT2D eigenvalue weighted by Crippen LogP contribution is 2.31. The molecule has 0 aliphatic heterocycles. The first kappa shape index (κ1) is 22.8. The van der Waals surface area contributed by atoms with Gasteiger partial charge in [0.05, 0.1) is 5.39 Å². The molecular weight excluding hydrogens is 398 g/mol. The third-order valence-corrected chi connectivity index (χ3v) is 5.96. The Hall–Kier alpha value is -2.83. The number of carbonyl (C=O) groups is 2. The molecule has 1 aromatic heterocycles. The summed E-state index contributed by atoms with van der Waals surface area (Å²) in [4.78, 5) is 35.2. The first-order valence-electron chi connectivity index (χ1n) is 11.0. The molecule has 7 heteroatoms. The summed E-state index contributed by atoms with van der Waals surface area (Å²) in [6.07, 6.45) is 5.40. The van der Waals surface area contributed by atoms with Crippen LogP contribution < -0.4 is 20.8 Å². The highest BCUT2D eigenvalue weighted by Gasteiger charge is 2.22. The Balaban J connectivity index is 1.63. The van der Waals surface area contributed by atoms with Gasteiger partial charge < -0.3 is 24.4 Å². The van der Waals surface area contributed by atoms with Gasteiger partial charge in [-0.3, -0.25) is 4.79 Å². The number of rotatable bonds is 9. The average molecular weight is 429 g/mol. The number of fused-ring (bicyclic) bond motifs is 1. The molecule has 1 N–H and O–H groups in total. The number of benzene rings is 1. The number of hydrogen-bond donors (Lipinski definition) is 1. The van der Waals surface area contributed by atoms with Gasteiger partial charge in [0.25, 0.3) is 5.91 Å². The minimum absolute atomic E-state index is 0.140. The summed E-state index contributed by atoms with van der Waals surface area (Å²) < 4.78 is 11.2. The average Bonchev–Trinajstić information content (AvgIpc) is 2.74. The summed E-state index contributed by atoms with van der Waals surface area (Å²) in [5.41, 5.74) is 1.83. The van der Waals surface area contributed by atoms with Crippen molar-refractivity contribution in [2.45, 2.75) is 58.8 Å². The fourth-order valence-electron chi connectivity index (χ4n) is 4.20. The van der Waals surface area contributed by atoms with Crippen molar-refractivity contribution in [2.75, 3.05) is 13.2 Å². The number of hydrogen-bond acceptors (Lipinski definition) is 6. The normalized spacial score (nSPS) is 18.6. The van der Waals surface area contributed by atoms with Crippen LogP contribution in [0.3, 0.4) is 0 Å². The molecule has 1 aliphatic carbocycles. The van der Waals surface area contributed by atoms with Crippen molar-refractivity contribution in [2.24, 2.45) is 11.8 Å². The zero-order chi connectivity index (χ0) is 22.4. The van der Waals surface area contributed by atoms with E-state index in [0.717, 1.165) is 48.6 Å². The molecule has 0 radical (unpaired) electrons. The number of carbonyl (C=O) groups excluding carboxylic acids is 2. The monoisotopic (exact) mass is 428 g/mol. The molecule has 0 unspecified atom stereocenters. The van der Waals surface area contributed by atoms with E-state index in [1.54, 1.807) is 0 Å². The molecule has 0 spiro atoms. The number of carboxylic acids is 1. The third-order valence-electron chi connectivity index (χ3n) is 5.96. The number of aliphatic carboxylic acids is 1. The van der Waals surface area contributed by atoms with Crippen LogP contribution in [0.4, 0.5) is 0 Å². The van der Waals surface area contributed by atoms with Gasteiger partial charge in [-0.2, -0.15) is 0 Å². The Morgan fingerprint density at radius 2 is 1.94 bits per heavy atom. The van der Waals surface area contributed by atoms with Crippen molar-refractivity contribution in [1.29, 1.82) is 0 Å². The van der Waals surface area contributed by atoms with Crippen molar-refractivity contribution < 1.29 is 23.8 Å². The van der Waals surface area contributed by atoms with E-state index >= 15 is 0 Å². The zero-order valence-corrected chi connectivity index (χ0v) is 18.2. The Bertz CT molecular complexity index is 987. The molecule has 1 heterocycles. The molecule has 0 atom stereocenters. The number of amides is 1. The number of nitrogens with one attached hydrogen (secondary N) is 1. The summed E-state index contributed by atoms with van der Waals surface area (Å²) in [5.74, 6) is -0.768. The predicted octanol–water partition coefficient (Wildman–Crippen LogP) is 2.50. The van der Waals surface area contributed by atoms with E-state index in [1.807, 2.05) is 19.1 Å². The van der Waals surface area contributed by atoms with Crippen LogP contribution in [0.25, 0.3) is 11.0 Å². The molecule has 168 valence electrons. The second-order valence-corrected chi connectivity index (χ2v) is 8.46. The van der Waals surface area contributed by atoms with Gasteiger partial charge in [-0.05, 0) is 80.5 Å². The Kier molecular flexibility index (Phi) is 7.71.